The van der Waals surface area contributed by atoms with Gasteiger partial charge in [-0.25, -0.2) is 4.79 Å². The first kappa shape index (κ1) is 21.0. The third-order valence-corrected chi connectivity index (χ3v) is 4.34. The molecule has 0 bridgehead atoms. The molecule has 0 radical (unpaired) electrons. The molecule has 1 N–H and O–H groups in total. The van der Waals surface area contributed by atoms with Crippen molar-refractivity contribution in [2.24, 2.45) is 10.9 Å². The van der Waals surface area contributed by atoms with E-state index in [0.29, 0.717) is 11.3 Å². The van der Waals surface area contributed by atoms with Gasteiger partial charge in [-0.15, -0.1) is 0 Å². The van der Waals surface area contributed by atoms with Crippen molar-refractivity contribution in [3.05, 3.63) is 84.1 Å². The zero-order valence-electron chi connectivity index (χ0n) is 16.8. The van der Waals surface area contributed by atoms with Gasteiger partial charge in [0.2, 0.25) is 0 Å². The third kappa shape index (κ3) is 5.13. The van der Waals surface area contributed by atoms with Gasteiger partial charge in [-0.3, -0.25) is 9.98 Å². The van der Waals surface area contributed by atoms with E-state index in [9.17, 15) is 9.90 Å². The summed E-state index contributed by atoms with van der Waals surface area (Å²) in [4.78, 5) is 20.4. The van der Waals surface area contributed by atoms with Crippen molar-refractivity contribution in [1.82, 2.24) is 4.98 Å². The van der Waals surface area contributed by atoms with E-state index in [1.165, 1.54) is 0 Å². The molecule has 1 heterocycles. The molecular formula is C24H26N2O2. The van der Waals surface area contributed by atoms with E-state index in [0.717, 1.165) is 27.6 Å². The highest BCUT2D eigenvalue weighted by Crippen LogP contribution is 2.21. The van der Waals surface area contributed by atoms with Gasteiger partial charge in [-0.05, 0) is 48.3 Å². The monoisotopic (exact) mass is 374 g/mol. The molecule has 0 aliphatic rings. The Hall–Kier alpha value is -3.27. The molecule has 4 nitrogen and oxygen atoms in total. The predicted octanol–water partition coefficient (Wildman–Crippen LogP) is 5.49. The van der Waals surface area contributed by atoms with Gasteiger partial charge in [0, 0.05) is 29.8 Å². The number of fused-ring (bicyclic) bond motifs is 1. The number of carboxylic acid groups (broad SMARTS) is 1. The lowest BCUT2D eigenvalue weighted by molar-refractivity contribution is -0.133. The molecule has 0 unspecified atom stereocenters. The second kappa shape index (κ2) is 9.60. The number of benzene rings is 1. The summed E-state index contributed by atoms with van der Waals surface area (Å²) in [7, 11) is 1.66. The van der Waals surface area contributed by atoms with Crippen LogP contribution < -0.4 is 0 Å². The SMILES string of the molecule is C=C(/C=C(\C=C/C)C(/C=C(/C(=O)O)C(C)C)=NC)c1cnc2ccccc2c1. The Labute approximate surface area is 166 Å². The van der Waals surface area contributed by atoms with Crippen LogP contribution in [0.4, 0.5) is 0 Å². The number of carbonyl (C=O) groups is 1. The van der Waals surface area contributed by atoms with Gasteiger partial charge < -0.3 is 5.11 Å². The average Bonchev–Trinajstić information content (AvgIpc) is 2.67. The molecule has 28 heavy (non-hydrogen) atoms. The number of para-hydroxylation sites is 1. The molecule has 144 valence electrons. The minimum Gasteiger partial charge on any atom is -0.478 e. The summed E-state index contributed by atoms with van der Waals surface area (Å²) in [5, 5.41) is 10.5. The molecule has 0 aliphatic carbocycles. The van der Waals surface area contributed by atoms with Crippen LogP contribution in [-0.2, 0) is 4.79 Å². The van der Waals surface area contributed by atoms with Gasteiger partial charge in [0.1, 0.15) is 0 Å². The molecule has 0 amide bonds. The first-order chi connectivity index (χ1) is 13.4. The number of aliphatic carboxylic acids is 1. The van der Waals surface area contributed by atoms with Gasteiger partial charge in [0.25, 0.3) is 0 Å². The second-order valence-corrected chi connectivity index (χ2v) is 6.71. The van der Waals surface area contributed by atoms with Crippen LogP contribution in [0.15, 0.2) is 83.6 Å². The number of nitrogens with zero attached hydrogens (tertiary/aromatic N) is 2. The average molecular weight is 374 g/mol. The lowest BCUT2D eigenvalue weighted by atomic mass is 9.97. The summed E-state index contributed by atoms with van der Waals surface area (Å²) in [6.07, 6.45) is 9.13. The molecule has 0 atom stereocenters. The van der Waals surface area contributed by atoms with Gasteiger partial charge in [0.05, 0.1) is 11.2 Å². The highest BCUT2D eigenvalue weighted by molar-refractivity contribution is 6.14. The van der Waals surface area contributed by atoms with E-state index in [1.807, 2.05) is 69.3 Å². The molecular weight excluding hydrogens is 348 g/mol. The standard InChI is InChI=1S/C24H26N2O2/c1-6-9-18(23(25-5)14-21(16(2)3)24(27)28)12-17(4)20-13-19-10-7-8-11-22(19)26-15-20/h6-16H,4H2,1-3,5H3,(H,27,28)/b9-6-,18-12+,21-14+,25-23?. The van der Waals surface area contributed by atoms with Crippen LogP contribution in [0.5, 0.6) is 0 Å². The van der Waals surface area contributed by atoms with E-state index in [4.69, 9.17) is 0 Å². The molecule has 0 fully saturated rings. The van der Waals surface area contributed by atoms with Crippen LogP contribution in [0, 0.1) is 5.92 Å². The summed E-state index contributed by atoms with van der Waals surface area (Å²) in [6, 6.07) is 9.96. The van der Waals surface area contributed by atoms with Crippen LogP contribution in [0.25, 0.3) is 16.5 Å². The Bertz CT molecular complexity index is 1010. The quantitative estimate of drug-likeness (QED) is 0.396. The van der Waals surface area contributed by atoms with E-state index in [1.54, 1.807) is 19.3 Å². The molecule has 2 rings (SSSR count). The van der Waals surface area contributed by atoms with Crippen LogP contribution in [0.2, 0.25) is 0 Å². The molecule has 0 saturated heterocycles. The van der Waals surface area contributed by atoms with Crippen LogP contribution >= 0.6 is 0 Å². The van der Waals surface area contributed by atoms with Crippen molar-refractivity contribution in [2.75, 3.05) is 7.05 Å². The first-order valence-corrected chi connectivity index (χ1v) is 9.17. The van der Waals surface area contributed by atoms with Crippen molar-refractivity contribution in [1.29, 1.82) is 0 Å². The fraction of sp³-hybridized carbons (Fsp3) is 0.208. The summed E-state index contributed by atoms with van der Waals surface area (Å²) in [5.41, 5.74) is 4.32. The summed E-state index contributed by atoms with van der Waals surface area (Å²) in [6.45, 7) is 9.79. The Morgan fingerprint density at radius 1 is 1.25 bits per heavy atom. The molecule has 2 aromatic rings. The van der Waals surface area contributed by atoms with Crippen LogP contribution in [0.3, 0.4) is 0 Å². The van der Waals surface area contributed by atoms with Gasteiger partial charge in [-0.2, -0.15) is 0 Å². The van der Waals surface area contributed by atoms with E-state index in [-0.39, 0.29) is 5.92 Å². The minimum absolute atomic E-state index is 0.117. The van der Waals surface area contributed by atoms with Crippen LogP contribution in [0.1, 0.15) is 26.3 Å². The number of allylic oxidation sites excluding steroid dienone is 6. The smallest absolute Gasteiger partial charge is 0.331 e. The maximum absolute atomic E-state index is 11.6. The molecule has 0 spiro atoms. The number of aromatic nitrogens is 1. The number of aliphatic imine (C=N–C) groups is 1. The summed E-state index contributed by atoms with van der Waals surface area (Å²) < 4.78 is 0. The molecule has 1 aromatic carbocycles. The second-order valence-electron chi connectivity index (χ2n) is 6.71. The lowest BCUT2D eigenvalue weighted by Gasteiger charge is -2.10. The molecule has 1 aromatic heterocycles. The zero-order valence-corrected chi connectivity index (χ0v) is 16.8. The molecule has 0 aliphatic heterocycles. The van der Waals surface area contributed by atoms with Crippen molar-refractivity contribution in [3.8, 4) is 0 Å². The Morgan fingerprint density at radius 3 is 2.57 bits per heavy atom. The first-order valence-electron chi connectivity index (χ1n) is 9.17. The number of hydrogen-bond acceptors (Lipinski definition) is 3. The van der Waals surface area contributed by atoms with Crippen LogP contribution in [-0.4, -0.2) is 28.8 Å². The van der Waals surface area contributed by atoms with Crippen molar-refractivity contribution >= 4 is 28.2 Å². The summed E-state index contributed by atoms with van der Waals surface area (Å²) >= 11 is 0. The van der Waals surface area contributed by atoms with Crippen molar-refractivity contribution in [2.45, 2.75) is 20.8 Å². The minimum atomic E-state index is -0.937. The third-order valence-electron chi connectivity index (χ3n) is 4.34. The van der Waals surface area contributed by atoms with E-state index >= 15 is 0 Å². The van der Waals surface area contributed by atoms with E-state index in [2.05, 4.69) is 16.6 Å². The fourth-order valence-corrected chi connectivity index (χ4v) is 2.80. The predicted molar refractivity (Wildman–Crippen MR) is 118 cm³/mol. The van der Waals surface area contributed by atoms with Gasteiger partial charge >= 0.3 is 5.97 Å². The molecule has 4 heteroatoms. The highest BCUT2D eigenvalue weighted by Gasteiger charge is 2.14. The number of rotatable bonds is 7. The maximum Gasteiger partial charge on any atom is 0.331 e. The normalized spacial score (nSPS) is 13.5. The Balaban J connectivity index is 2.47. The van der Waals surface area contributed by atoms with Gasteiger partial charge in [0.15, 0.2) is 0 Å². The number of hydrogen-bond donors (Lipinski definition) is 1. The maximum atomic E-state index is 11.6. The van der Waals surface area contributed by atoms with E-state index < -0.39 is 5.97 Å². The van der Waals surface area contributed by atoms with Crippen molar-refractivity contribution in [3.63, 3.8) is 0 Å². The fourth-order valence-electron chi connectivity index (χ4n) is 2.80. The summed E-state index contributed by atoms with van der Waals surface area (Å²) in [5.74, 6) is -1.05. The Kier molecular flexibility index (Phi) is 7.21. The highest BCUT2D eigenvalue weighted by atomic mass is 16.4. The zero-order chi connectivity index (χ0) is 20.7. The topological polar surface area (TPSA) is 62.5 Å². The molecule has 0 saturated carbocycles. The lowest BCUT2D eigenvalue weighted by Crippen LogP contribution is -2.10. The number of pyridine rings is 1. The number of carboxylic acids is 1. The largest absolute Gasteiger partial charge is 0.478 e. The van der Waals surface area contributed by atoms with Crippen molar-refractivity contribution < 1.29 is 9.90 Å². The Morgan fingerprint density at radius 2 is 1.96 bits per heavy atom. The van der Waals surface area contributed by atoms with Gasteiger partial charge in [-0.1, -0.05) is 50.8 Å².